The number of carbonyl (C=O) groups excluding carboxylic acids is 2. The molecule has 0 spiro atoms. The third-order valence-electron chi connectivity index (χ3n) is 1.04. The second-order valence-electron chi connectivity index (χ2n) is 2.08. The van der Waals surface area contributed by atoms with Crippen LogP contribution in [0.3, 0.4) is 0 Å². The molecule has 0 saturated carbocycles. The molecule has 0 radical (unpaired) electrons. The fraction of sp³-hybridized carbons (Fsp3) is 0.286. The van der Waals surface area contributed by atoms with Crippen molar-refractivity contribution in [1.29, 1.82) is 0 Å². The Morgan fingerprint density at radius 1 is 1.73 bits per heavy atom. The van der Waals surface area contributed by atoms with Crippen molar-refractivity contribution in [3.63, 3.8) is 0 Å². The Morgan fingerprint density at radius 3 is 3.00 bits per heavy atom. The molecular weight excluding hydrogens is 146 g/mol. The van der Waals surface area contributed by atoms with Crippen LogP contribution in [0.25, 0.3) is 0 Å². The molecule has 1 aliphatic heterocycles. The second kappa shape index (κ2) is 3.09. The van der Waals surface area contributed by atoms with Gasteiger partial charge in [0.15, 0.2) is 5.78 Å². The molecule has 0 fully saturated rings. The van der Waals surface area contributed by atoms with Crippen molar-refractivity contribution in [3.8, 4) is 0 Å². The number of ketones is 1. The molecule has 0 aromatic rings. The van der Waals surface area contributed by atoms with Gasteiger partial charge < -0.3 is 4.74 Å². The summed E-state index contributed by atoms with van der Waals surface area (Å²) in [7, 11) is 0. The lowest BCUT2D eigenvalue weighted by molar-refractivity contribution is -0.136. The number of rotatable bonds is 1. The Bertz CT molecular complexity index is 252. The number of allylic oxidation sites excluding steroid dienone is 1. The van der Waals surface area contributed by atoms with Crippen molar-refractivity contribution in [1.82, 2.24) is 0 Å². The van der Waals surface area contributed by atoms with E-state index in [0.717, 1.165) is 0 Å². The van der Waals surface area contributed by atoms with Crippen LogP contribution in [0.4, 0.5) is 0 Å². The zero-order valence-corrected chi connectivity index (χ0v) is 6.03. The Hall–Kier alpha value is -1.45. The molecule has 0 saturated heterocycles. The van der Waals surface area contributed by atoms with Gasteiger partial charge in [-0.15, -0.1) is 0 Å². The SMILES string of the molecule is CC(=O)OC1=CC(=O)C=NC1. The Kier molecular flexibility index (Phi) is 2.15. The highest BCUT2D eigenvalue weighted by Crippen LogP contribution is 2.02. The normalized spacial score (nSPS) is 16.1. The third kappa shape index (κ3) is 2.33. The zero-order chi connectivity index (χ0) is 8.27. The number of nitrogens with zero attached hydrogens (tertiary/aromatic N) is 1. The summed E-state index contributed by atoms with van der Waals surface area (Å²) in [6.45, 7) is 1.55. The van der Waals surface area contributed by atoms with Crippen LogP contribution in [0, 0.1) is 0 Å². The van der Waals surface area contributed by atoms with E-state index in [2.05, 4.69) is 9.73 Å². The molecule has 1 heterocycles. The first kappa shape index (κ1) is 7.65. The molecule has 0 unspecified atom stereocenters. The summed E-state index contributed by atoms with van der Waals surface area (Å²) in [5.41, 5.74) is 0. The molecule has 0 aromatic carbocycles. The van der Waals surface area contributed by atoms with E-state index >= 15 is 0 Å². The molecule has 11 heavy (non-hydrogen) atoms. The largest absolute Gasteiger partial charge is 0.429 e. The number of ether oxygens (including phenoxy) is 1. The van der Waals surface area contributed by atoms with Crippen molar-refractivity contribution in [2.45, 2.75) is 6.92 Å². The Labute approximate surface area is 63.6 Å². The number of esters is 1. The van der Waals surface area contributed by atoms with Crippen LogP contribution in [-0.4, -0.2) is 24.5 Å². The molecule has 4 heteroatoms. The van der Waals surface area contributed by atoms with E-state index in [0.29, 0.717) is 5.76 Å². The molecule has 4 nitrogen and oxygen atoms in total. The van der Waals surface area contributed by atoms with Crippen LogP contribution in [-0.2, 0) is 14.3 Å². The Balaban J connectivity index is 2.60. The maximum Gasteiger partial charge on any atom is 0.307 e. The average Bonchev–Trinajstić information content (AvgIpc) is 1.85. The van der Waals surface area contributed by atoms with Gasteiger partial charge in [-0.25, -0.2) is 0 Å². The summed E-state index contributed by atoms with van der Waals surface area (Å²) in [5, 5.41) is 0. The lowest BCUT2D eigenvalue weighted by atomic mass is 10.3. The number of hydrogen-bond donors (Lipinski definition) is 0. The van der Waals surface area contributed by atoms with E-state index in [1.807, 2.05) is 0 Å². The highest BCUT2D eigenvalue weighted by Gasteiger charge is 2.07. The topological polar surface area (TPSA) is 55.7 Å². The number of carbonyl (C=O) groups is 2. The van der Waals surface area contributed by atoms with E-state index in [4.69, 9.17) is 0 Å². The maximum atomic E-state index is 10.6. The first-order chi connectivity index (χ1) is 5.18. The fourth-order valence-corrected chi connectivity index (χ4v) is 0.714. The van der Waals surface area contributed by atoms with E-state index < -0.39 is 5.97 Å². The van der Waals surface area contributed by atoms with Gasteiger partial charge in [0.1, 0.15) is 5.76 Å². The van der Waals surface area contributed by atoms with E-state index in [1.54, 1.807) is 0 Å². The molecular formula is C7H7NO3. The van der Waals surface area contributed by atoms with Gasteiger partial charge in [-0.3, -0.25) is 14.6 Å². The number of hydrogen-bond acceptors (Lipinski definition) is 4. The van der Waals surface area contributed by atoms with Crippen molar-refractivity contribution < 1.29 is 14.3 Å². The lowest BCUT2D eigenvalue weighted by Gasteiger charge is -2.05. The van der Waals surface area contributed by atoms with Gasteiger partial charge in [0.05, 0.1) is 12.8 Å². The molecule has 0 aromatic heterocycles. The van der Waals surface area contributed by atoms with Crippen molar-refractivity contribution in [3.05, 3.63) is 11.8 Å². The first-order valence-corrected chi connectivity index (χ1v) is 3.11. The number of aliphatic imine (C=N–C) groups is 1. The molecule has 1 aliphatic rings. The summed E-state index contributed by atoms with van der Waals surface area (Å²) >= 11 is 0. The second-order valence-corrected chi connectivity index (χ2v) is 2.08. The lowest BCUT2D eigenvalue weighted by Crippen LogP contribution is -2.10. The molecule has 0 bridgehead atoms. The summed E-state index contributed by atoms with van der Waals surface area (Å²) in [5.74, 6) is -0.362. The van der Waals surface area contributed by atoms with Gasteiger partial charge in [-0.1, -0.05) is 0 Å². The van der Waals surface area contributed by atoms with Crippen molar-refractivity contribution >= 4 is 18.0 Å². The van der Waals surface area contributed by atoms with Crippen molar-refractivity contribution in [2.75, 3.05) is 6.54 Å². The van der Waals surface area contributed by atoms with E-state index in [1.165, 1.54) is 19.2 Å². The van der Waals surface area contributed by atoms with Gasteiger partial charge in [0.25, 0.3) is 0 Å². The van der Waals surface area contributed by atoms with Crippen LogP contribution in [0.1, 0.15) is 6.92 Å². The van der Waals surface area contributed by atoms with E-state index in [9.17, 15) is 9.59 Å². The first-order valence-electron chi connectivity index (χ1n) is 3.11. The molecule has 58 valence electrons. The minimum atomic E-state index is -0.429. The highest BCUT2D eigenvalue weighted by atomic mass is 16.5. The predicted molar refractivity (Wildman–Crippen MR) is 38.2 cm³/mol. The van der Waals surface area contributed by atoms with Crippen LogP contribution in [0.15, 0.2) is 16.8 Å². The predicted octanol–water partition coefficient (Wildman–Crippen LogP) is 0.0869. The average molecular weight is 153 g/mol. The van der Waals surface area contributed by atoms with Gasteiger partial charge >= 0.3 is 5.97 Å². The minimum absolute atomic E-state index is 0.243. The minimum Gasteiger partial charge on any atom is -0.429 e. The molecule has 0 N–H and O–H groups in total. The van der Waals surface area contributed by atoms with Crippen LogP contribution in [0.2, 0.25) is 0 Å². The Morgan fingerprint density at radius 2 is 2.45 bits per heavy atom. The molecule has 0 aliphatic carbocycles. The molecule has 0 atom stereocenters. The van der Waals surface area contributed by atoms with E-state index in [-0.39, 0.29) is 12.3 Å². The monoisotopic (exact) mass is 153 g/mol. The third-order valence-corrected chi connectivity index (χ3v) is 1.04. The fourth-order valence-electron chi connectivity index (χ4n) is 0.714. The zero-order valence-electron chi connectivity index (χ0n) is 6.03. The van der Waals surface area contributed by atoms with Crippen molar-refractivity contribution in [2.24, 2.45) is 4.99 Å². The molecule has 0 amide bonds. The van der Waals surface area contributed by atoms with Gasteiger partial charge in [-0.05, 0) is 0 Å². The standard InChI is InChI=1S/C7H7NO3/c1-5(9)11-7-2-6(10)3-8-4-7/h2-3H,4H2,1H3. The number of dihydropyridines is 1. The van der Waals surface area contributed by atoms with Gasteiger partial charge in [0, 0.05) is 13.0 Å². The van der Waals surface area contributed by atoms with Crippen LogP contribution < -0.4 is 0 Å². The molecule has 1 rings (SSSR count). The highest BCUT2D eigenvalue weighted by molar-refractivity contribution is 6.33. The van der Waals surface area contributed by atoms with Gasteiger partial charge in [-0.2, -0.15) is 0 Å². The maximum absolute atomic E-state index is 10.6. The smallest absolute Gasteiger partial charge is 0.307 e. The quantitative estimate of drug-likeness (QED) is 0.501. The summed E-state index contributed by atoms with van der Waals surface area (Å²) in [6, 6.07) is 0. The van der Waals surface area contributed by atoms with Crippen LogP contribution in [0.5, 0.6) is 0 Å². The van der Waals surface area contributed by atoms with Gasteiger partial charge in [0.2, 0.25) is 0 Å². The van der Waals surface area contributed by atoms with Crippen LogP contribution >= 0.6 is 0 Å². The summed E-state index contributed by atoms with van der Waals surface area (Å²) < 4.78 is 4.65. The summed E-state index contributed by atoms with van der Waals surface area (Å²) in [6.07, 6.45) is 2.46. The summed E-state index contributed by atoms with van der Waals surface area (Å²) in [4.78, 5) is 24.7.